The van der Waals surface area contributed by atoms with Crippen LogP contribution in [-0.2, 0) is 10.9 Å². The number of ether oxygens (including phenoxy) is 1. The first-order chi connectivity index (χ1) is 17.1. The first-order valence-electron chi connectivity index (χ1n) is 10.8. The van der Waals surface area contributed by atoms with Gasteiger partial charge in [-0.05, 0) is 57.2 Å². The number of aryl methyl sites for hydroxylation is 1. The lowest BCUT2D eigenvalue weighted by molar-refractivity contribution is -0.143. The fraction of sp³-hybridized carbons (Fsp3) is 0.208. The van der Waals surface area contributed by atoms with Crippen molar-refractivity contribution >= 4 is 17.6 Å². The molecule has 0 aliphatic carbocycles. The van der Waals surface area contributed by atoms with Crippen molar-refractivity contribution < 1.29 is 27.5 Å². The molecule has 2 aromatic heterocycles. The van der Waals surface area contributed by atoms with Crippen LogP contribution in [0.1, 0.15) is 44.7 Å². The molecule has 0 atom stereocenters. The van der Waals surface area contributed by atoms with Crippen molar-refractivity contribution in [3.05, 3.63) is 82.9 Å². The lowest BCUT2D eigenvalue weighted by atomic mass is 10.2. The fourth-order valence-electron chi connectivity index (χ4n) is 3.52. The van der Waals surface area contributed by atoms with Crippen LogP contribution in [-0.4, -0.2) is 43.3 Å². The highest BCUT2D eigenvalue weighted by atomic mass is 19.4. The van der Waals surface area contributed by atoms with E-state index in [9.17, 15) is 22.8 Å². The summed E-state index contributed by atoms with van der Waals surface area (Å²) < 4.78 is 48.0. The summed E-state index contributed by atoms with van der Waals surface area (Å²) in [6.45, 7) is 5.08. The van der Waals surface area contributed by atoms with Gasteiger partial charge in [-0.2, -0.15) is 18.3 Å². The Morgan fingerprint density at radius 3 is 2.19 bits per heavy atom. The van der Waals surface area contributed by atoms with E-state index in [-0.39, 0.29) is 18.0 Å². The standard InChI is InChI=1S/C24H21F3N6O3/c1-4-36-23(35)19-13-28-33(21(19)24(25,26)27)18-11-7-16(8-12-18)29-22(34)20-15(3)32(31-30-20)17-9-5-14(2)6-10-17/h5-13H,4H2,1-3H3,(H,29,34). The Kier molecular flexibility index (Phi) is 6.60. The SMILES string of the molecule is CCOC(=O)c1cnn(-c2ccc(NC(=O)c3nnn(-c4ccc(C)cc4)c3C)cc2)c1C(F)(F)F. The van der Waals surface area contributed by atoms with E-state index in [1.165, 1.54) is 35.9 Å². The zero-order chi connectivity index (χ0) is 26.0. The number of carbonyl (C=O) groups excluding carboxylic acids is 2. The first kappa shape index (κ1) is 24.6. The van der Waals surface area contributed by atoms with Crippen LogP contribution in [0.25, 0.3) is 11.4 Å². The second-order valence-electron chi connectivity index (χ2n) is 7.81. The third-order valence-corrected chi connectivity index (χ3v) is 5.29. The summed E-state index contributed by atoms with van der Waals surface area (Å²) in [5.74, 6) is -1.65. The number of halogens is 3. The van der Waals surface area contributed by atoms with Crippen LogP contribution in [0.5, 0.6) is 0 Å². The van der Waals surface area contributed by atoms with Crippen molar-refractivity contribution in [1.82, 2.24) is 24.8 Å². The van der Waals surface area contributed by atoms with Crippen LogP contribution >= 0.6 is 0 Å². The lowest BCUT2D eigenvalue weighted by Gasteiger charge is -2.13. The van der Waals surface area contributed by atoms with Gasteiger partial charge in [0.1, 0.15) is 5.56 Å². The maximum atomic E-state index is 13.7. The Morgan fingerprint density at radius 2 is 1.58 bits per heavy atom. The minimum Gasteiger partial charge on any atom is -0.462 e. The molecule has 0 radical (unpaired) electrons. The highest BCUT2D eigenvalue weighted by molar-refractivity contribution is 6.03. The van der Waals surface area contributed by atoms with E-state index in [0.29, 0.717) is 16.1 Å². The summed E-state index contributed by atoms with van der Waals surface area (Å²) in [5.41, 5.74) is 0.867. The van der Waals surface area contributed by atoms with Gasteiger partial charge < -0.3 is 10.1 Å². The molecule has 36 heavy (non-hydrogen) atoms. The molecule has 186 valence electrons. The molecule has 2 aromatic carbocycles. The lowest BCUT2D eigenvalue weighted by Crippen LogP contribution is -2.18. The molecule has 0 aliphatic heterocycles. The van der Waals surface area contributed by atoms with Gasteiger partial charge in [-0.3, -0.25) is 4.79 Å². The van der Waals surface area contributed by atoms with Crippen LogP contribution < -0.4 is 5.32 Å². The van der Waals surface area contributed by atoms with Gasteiger partial charge in [-0.25, -0.2) is 14.2 Å². The highest BCUT2D eigenvalue weighted by Gasteiger charge is 2.41. The zero-order valence-corrected chi connectivity index (χ0v) is 19.5. The third kappa shape index (κ3) is 4.83. The topological polar surface area (TPSA) is 104 Å². The van der Waals surface area contributed by atoms with Gasteiger partial charge in [-0.1, -0.05) is 22.9 Å². The molecule has 1 N–H and O–H groups in total. The van der Waals surface area contributed by atoms with Gasteiger partial charge in [0, 0.05) is 5.69 Å². The van der Waals surface area contributed by atoms with Gasteiger partial charge in [-0.15, -0.1) is 5.10 Å². The van der Waals surface area contributed by atoms with Crippen LogP contribution in [0.4, 0.5) is 18.9 Å². The number of anilines is 1. The predicted molar refractivity (Wildman–Crippen MR) is 123 cm³/mol. The summed E-state index contributed by atoms with van der Waals surface area (Å²) in [7, 11) is 0. The molecule has 4 aromatic rings. The first-order valence-corrected chi connectivity index (χ1v) is 10.8. The Bertz CT molecular complexity index is 1410. The highest BCUT2D eigenvalue weighted by Crippen LogP contribution is 2.34. The number of aromatic nitrogens is 5. The van der Waals surface area contributed by atoms with Gasteiger partial charge in [0.25, 0.3) is 5.91 Å². The second-order valence-corrected chi connectivity index (χ2v) is 7.81. The van der Waals surface area contributed by atoms with E-state index in [4.69, 9.17) is 4.74 Å². The normalized spacial score (nSPS) is 11.4. The van der Waals surface area contributed by atoms with Crippen LogP contribution in [0.15, 0.2) is 54.7 Å². The fourth-order valence-corrected chi connectivity index (χ4v) is 3.52. The van der Waals surface area contributed by atoms with Crippen LogP contribution in [0, 0.1) is 13.8 Å². The molecule has 9 nitrogen and oxygen atoms in total. The molecule has 0 unspecified atom stereocenters. The number of amides is 1. The molecule has 12 heteroatoms. The smallest absolute Gasteiger partial charge is 0.434 e. The van der Waals surface area contributed by atoms with E-state index in [0.717, 1.165) is 17.4 Å². The van der Waals surface area contributed by atoms with Crippen LogP contribution in [0.3, 0.4) is 0 Å². The molecule has 0 spiro atoms. The summed E-state index contributed by atoms with van der Waals surface area (Å²) in [6, 6.07) is 13.0. The van der Waals surface area contributed by atoms with E-state index in [1.54, 1.807) is 6.92 Å². The molecule has 0 bridgehead atoms. The number of nitrogens with one attached hydrogen (secondary N) is 1. The number of nitrogens with zero attached hydrogens (tertiary/aromatic N) is 5. The Hall–Kier alpha value is -4.48. The maximum absolute atomic E-state index is 13.7. The monoisotopic (exact) mass is 498 g/mol. The van der Waals surface area contributed by atoms with Gasteiger partial charge in [0.15, 0.2) is 11.4 Å². The van der Waals surface area contributed by atoms with E-state index in [1.807, 2.05) is 31.2 Å². The number of hydrogen-bond acceptors (Lipinski definition) is 6. The summed E-state index contributed by atoms with van der Waals surface area (Å²) in [6.07, 6.45) is -4.04. The Labute approximate surface area is 203 Å². The number of benzene rings is 2. The summed E-state index contributed by atoms with van der Waals surface area (Å²) in [5, 5.41) is 14.4. The number of alkyl halides is 3. The molecular formula is C24H21F3N6O3. The second kappa shape index (κ2) is 9.64. The van der Waals surface area contributed by atoms with Crippen molar-refractivity contribution in [1.29, 1.82) is 0 Å². The summed E-state index contributed by atoms with van der Waals surface area (Å²) >= 11 is 0. The molecule has 0 saturated carbocycles. The van der Waals surface area contributed by atoms with Gasteiger partial charge >= 0.3 is 12.1 Å². The minimum absolute atomic E-state index is 0.0392. The average Bonchev–Trinajstić information content (AvgIpc) is 3.45. The van der Waals surface area contributed by atoms with Crippen molar-refractivity contribution in [3.63, 3.8) is 0 Å². The molecule has 4 rings (SSSR count). The van der Waals surface area contributed by atoms with E-state index >= 15 is 0 Å². The largest absolute Gasteiger partial charge is 0.462 e. The molecule has 0 fully saturated rings. The molecule has 0 saturated heterocycles. The quantitative estimate of drug-likeness (QED) is 0.392. The Balaban J connectivity index is 1.56. The maximum Gasteiger partial charge on any atom is 0.434 e. The molecule has 0 aliphatic rings. The number of rotatable bonds is 6. The Morgan fingerprint density at radius 1 is 0.972 bits per heavy atom. The number of hydrogen-bond donors (Lipinski definition) is 1. The van der Waals surface area contributed by atoms with Gasteiger partial charge in [0.2, 0.25) is 0 Å². The van der Waals surface area contributed by atoms with Gasteiger partial charge in [0.05, 0.1) is 29.9 Å². The van der Waals surface area contributed by atoms with Crippen LogP contribution in [0.2, 0.25) is 0 Å². The van der Waals surface area contributed by atoms with Crippen molar-refractivity contribution in [2.75, 3.05) is 11.9 Å². The van der Waals surface area contributed by atoms with Crippen molar-refractivity contribution in [2.24, 2.45) is 0 Å². The number of carbonyl (C=O) groups is 2. The molecular weight excluding hydrogens is 477 g/mol. The third-order valence-electron chi connectivity index (χ3n) is 5.29. The van der Waals surface area contributed by atoms with E-state index in [2.05, 4.69) is 20.7 Å². The molecule has 2 heterocycles. The minimum atomic E-state index is -4.85. The van der Waals surface area contributed by atoms with E-state index < -0.39 is 29.3 Å². The van der Waals surface area contributed by atoms with Crippen molar-refractivity contribution in [2.45, 2.75) is 26.9 Å². The zero-order valence-electron chi connectivity index (χ0n) is 19.5. The number of esters is 1. The predicted octanol–water partition coefficient (Wildman–Crippen LogP) is 4.52. The van der Waals surface area contributed by atoms with Crippen molar-refractivity contribution in [3.8, 4) is 11.4 Å². The average molecular weight is 498 g/mol. The summed E-state index contributed by atoms with van der Waals surface area (Å²) in [4.78, 5) is 24.7. The molecule has 1 amide bonds.